The van der Waals surface area contributed by atoms with Crippen LogP contribution in [-0.4, -0.2) is 12.1 Å². The summed E-state index contributed by atoms with van der Waals surface area (Å²) < 4.78 is 5.32. The van der Waals surface area contributed by atoms with Gasteiger partial charge in [-0.2, -0.15) is 5.26 Å². The molecule has 0 N–H and O–H groups in total. The fraction of sp³-hybridized carbons (Fsp3) is 0.833. The van der Waals surface area contributed by atoms with Crippen molar-refractivity contribution in [2.45, 2.75) is 52.1 Å². The first-order valence-corrected chi connectivity index (χ1v) is 5.77. The van der Waals surface area contributed by atoms with Crippen molar-refractivity contribution in [1.29, 1.82) is 5.26 Å². The smallest absolute Gasteiger partial charge is 0.323 e. The third kappa shape index (κ3) is 3.54. The van der Waals surface area contributed by atoms with Crippen LogP contribution in [-0.2, 0) is 9.53 Å². The number of carbonyl (C=O) groups is 1. The van der Waals surface area contributed by atoms with Crippen molar-refractivity contribution in [3.63, 3.8) is 0 Å². The van der Waals surface area contributed by atoms with Gasteiger partial charge < -0.3 is 4.74 Å². The van der Waals surface area contributed by atoms with Gasteiger partial charge in [0.1, 0.15) is 12.0 Å². The molecule has 1 saturated carbocycles. The van der Waals surface area contributed by atoms with E-state index in [1.807, 2.05) is 13.0 Å². The zero-order chi connectivity index (χ0) is 11.3. The molecule has 1 aliphatic rings. The van der Waals surface area contributed by atoms with Gasteiger partial charge in [-0.3, -0.25) is 4.79 Å². The lowest BCUT2D eigenvalue weighted by atomic mass is 9.89. The van der Waals surface area contributed by atoms with E-state index in [1.165, 1.54) is 0 Å². The summed E-state index contributed by atoms with van der Waals surface area (Å²) in [6, 6.07) is 1.98. The van der Waals surface area contributed by atoms with Gasteiger partial charge in [0.25, 0.3) is 0 Å². The second kappa shape index (κ2) is 5.75. The molecule has 15 heavy (non-hydrogen) atoms. The van der Waals surface area contributed by atoms with Crippen LogP contribution < -0.4 is 0 Å². The van der Waals surface area contributed by atoms with E-state index in [1.54, 1.807) is 0 Å². The van der Waals surface area contributed by atoms with E-state index in [4.69, 9.17) is 10.00 Å². The molecular formula is C12H19NO2. The first kappa shape index (κ1) is 12.0. The van der Waals surface area contributed by atoms with Gasteiger partial charge in [-0.15, -0.1) is 0 Å². The minimum atomic E-state index is -0.579. The number of carbonyl (C=O) groups excluding carboxylic acids is 1. The summed E-state index contributed by atoms with van der Waals surface area (Å²) >= 11 is 0. The van der Waals surface area contributed by atoms with Crippen LogP contribution in [0.3, 0.4) is 0 Å². The molecule has 0 saturated heterocycles. The van der Waals surface area contributed by atoms with Crippen LogP contribution in [0.2, 0.25) is 0 Å². The Morgan fingerprint density at radius 1 is 1.47 bits per heavy atom. The highest BCUT2D eigenvalue weighted by atomic mass is 16.5. The van der Waals surface area contributed by atoms with Gasteiger partial charge in [0.2, 0.25) is 0 Å². The van der Waals surface area contributed by atoms with Gasteiger partial charge in [0.05, 0.1) is 6.07 Å². The summed E-state index contributed by atoms with van der Waals surface area (Å²) in [5.41, 5.74) is 0. The number of nitrogens with zero attached hydrogens (tertiary/aromatic N) is 1. The maximum Gasteiger partial charge on any atom is 0.323 e. The lowest BCUT2D eigenvalue weighted by Crippen LogP contribution is -2.26. The largest absolute Gasteiger partial charge is 0.461 e. The maximum absolute atomic E-state index is 11.5. The summed E-state index contributed by atoms with van der Waals surface area (Å²) in [5, 5.41) is 8.72. The second-order valence-corrected chi connectivity index (χ2v) is 4.41. The Bertz CT molecular complexity index is 249. The first-order chi connectivity index (χ1) is 7.17. The molecule has 0 radical (unpaired) electrons. The van der Waals surface area contributed by atoms with Crippen molar-refractivity contribution in [2.75, 3.05) is 0 Å². The number of hydrogen-bond donors (Lipinski definition) is 0. The van der Waals surface area contributed by atoms with Crippen molar-refractivity contribution in [2.24, 2.45) is 11.8 Å². The van der Waals surface area contributed by atoms with E-state index in [0.29, 0.717) is 6.42 Å². The summed E-state index contributed by atoms with van der Waals surface area (Å²) in [4.78, 5) is 11.5. The predicted octanol–water partition coefficient (Wildman–Crippen LogP) is 2.66. The second-order valence-electron chi connectivity index (χ2n) is 4.41. The Labute approximate surface area is 91.4 Å². The summed E-state index contributed by atoms with van der Waals surface area (Å²) in [7, 11) is 0. The minimum Gasteiger partial charge on any atom is -0.461 e. The molecule has 3 heteroatoms. The number of rotatable bonds is 3. The highest BCUT2D eigenvalue weighted by molar-refractivity contribution is 5.75. The summed E-state index contributed by atoms with van der Waals surface area (Å²) in [6.45, 7) is 4.06. The number of esters is 1. The highest BCUT2D eigenvalue weighted by Gasteiger charge is 2.25. The van der Waals surface area contributed by atoms with Crippen molar-refractivity contribution >= 4 is 5.97 Å². The van der Waals surface area contributed by atoms with Gasteiger partial charge in [0, 0.05) is 0 Å². The topological polar surface area (TPSA) is 50.1 Å². The Balaban J connectivity index is 2.35. The molecule has 1 unspecified atom stereocenters. The summed E-state index contributed by atoms with van der Waals surface area (Å²) in [6.07, 6.45) is 4.75. The first-order valence-electron chi connectivity index (χ1n) is 5.77. The van der Waals surface area contributed by atoms with Crippen LogP contribution in [0.5, 0.6) is 0 Å². The Hall–Kier alpha value is -1.04. The highest BCUT2D eigenvalue weighted by Crippen LogP contribution is 2.26. The molecule has 0 spiro atoms. The number of ether oxygens (including phenoxy) is 1. The van der Waals surface area contributed by atoms with Crippen LogP contribution in [0.1, 0.15) is 46.0 Å². The molecule has 0 aromatic heterocycles. The lowest BCUT2D eigenvalue weighted by Gasteiger charge is -2.26. The van der Waals surface area contributed by atoms with E-state index in [0.717, 1.165) is 31.6 Å². The molecule has 84 valence electrons. The average molecular weight is 209 g/mol. The third-order valence-corrected chi connectivity index (χ3v) is 3.09. The molecule has 0 aliphatic heterocycles. The van der Waals surface area contributed by atoms with E-state index in [9.17, 15) is 4.79 Å². The van der Waals surface area contributed by atoms with Gasteiger partial charge in [-0.25, -0.2) is 0 Å². The Morgan fingerprint density at radius 3 is 2.53 bits per heavy atom. The van der Waals surface area contributed by atoms with Crippen LogP contribution in [0.15, 0.2) is 0 Å². The summed E-state index contributed by atoms with van der Waals surface area (Å²) in [5.74, 6) is -0.165. The molecule has 1 fully saturated rings. The van der Waals surface area contributed by atoms with Crippen LogP contribution in [0.25, 0.3) is 0 Å². The molecular weight excluding hydrogens is 190 g/mol. The lowest BCUT2D eigenvalue weighted by molar-refractivity contribution is -0.154. The normalized spacial score (nSPS) is 27.8. The molecule has 0 amide bonds. The zero-order valence-electron chi connectivity index (χ0n) is 9.53. The van der Waals surface area contributed by atoms with Crippen molar-refractivity contribution in [3.05, 3.63) is 0 Å². The van der Waals surface area contributed by atoms with Crippen molar-refractivity contribution < 1.29 is 9.53 Å². The molecule has 0 heterocycles. The maximum atomic E-state index is 11.5. The van der Waals surface area contributed by atoms with E-state index < -0.39 is 5.92 Å². The van der Waals surface area contributed by atoms with Gasteiger partial charge >= 0.3 is 5.97 Å². The van der Waals surface area contributed by atoms with E-state index in [2.05, 4.69) is 6.92 Å². The Morgan fingerprint density at radius 2 is 2.07 bits per heavy atom. The van der Waals surface area contributed by atoms with Crippen LogP contribution in [0, 0.1) is 23.2 Å². The SMILES string of the molecule is CCC(C#N)C(=O)OC1CCC(C)CC1. The minimum absolute atomic E-state index is 0.0519. The monoisotopic (exact) mass is 209 g/mol. The average Bonchev–Trinajstić information content (AvgIpc) is 2.23. The number of nitriles is 1. The molecule has 0 bridgehead atoms. The third-order valence-electron chi connectivity index (χ3n) is 3.09. The molecule has 1 rings (SSSR count). The Kier molecular flexibility index (Phi) is 4.61. The standard InChI is InChI=1S/C12H19NO2/c1-3-10(8-13)12(14)15-11-6-4-9(2)5-7-11/h9-11H,3-7H2,1-2H3. The van der Waals surface area contributed by atoms with Gasteiger partial charge in [-0.1, -0.05) is 13.8 Å². The molecule has 0 aromatic carbocycles. The molecule has 1 atom stereocenters. The van der Waals surface area contributed by atoms with Crippen LogP contribution >= 0.6 is 0 Å². The quantitative estimate of drug-likeness (QED) is 0.671. The van der Waals surface area contributed by atoms with Gasteiger partial charge in [0.15, 0.2) is 0 Å². The molecule has 1 aliphatic carbocycles. The van der Waals surface area contributed by atoms with Gasteiger partial charge in [-0.05, 0) is 38.0 Å². The van der Waals surface area contributed by atoms with Crippen LogP contribution in [0.4, 0.5) is 0 Å². The van der Waals surface area contributed by atoms with Crippen molar-refractivity contribution in [1.82, 2.24) is 0 Å². The predicted molar refractivity (Wildman–Crippen MR) is 56.9 cm³/mol. The fourth-order valence-corrected chi connectivity index (χ4v) is 1.90. The number of hydrogen-bond acceptors (Lipinski definition) is 3. The zero-order valence-corrected chi connectivity index (χ0v) is 9.53. The van der Waals surface area contributed by atoms with Crippen molar-refractivity contribution in [3.8, 4) is 6.07 Å². The molecule has 0 aromatic rings. The van der Waals surface area contributed by atoms with E-state index in [-0.39, 0.29) is 12.1 Å². The van der Waals surface area contributed by atoms with E-state index >= 15 is 0 Å². The molecule has 3 nitrogen and oxygen atoms in total. The fourth-order valence-electron chi connectivity index (χ4n) is 1.90.